The maximum atomic E-state index is 12.7. The Kier molecular flexibility index (Phi) is 6.64. The number of furan rings is 1. The lowest BCUT2D eigenvalue weighted by molar-refractivity contribution is -0.149. The van der Waals surface area contributed by atoms with E-state index >= 15 is 0 Å². The smallest absolute Gasteiger partial charge is 0.333 e. The second-order valence-electron chi connectivity index (χ2n) is 6.70. The number of carbonyl (C=O) groups excluding carboxylic acids is 3. The Hall–Kier alpha value is -3.87. The molecule has 30 heavy (non-hydrogen) atoms. The monoisotopic (exact) mass is 406 g/mol. The SMILES string of the molecule is Cc1cccc(NC(=O)COC(=O)C(NC(=O)c2ccco2)c2ccccc2)c1C. The van der Waals surface area contributed by atoms with Gasteiger partial charge in [-0.3, -0.25) is 9.59 Å². The van der Waals surface area contributed by atoms with Crippen LogP contribution < -0.4 is 10.6 Å². The Balaban J connectivity index is 1.66. The van der Waals surface area contributed by atoms with E-state index in [0.717, 1.165) is 11.1 Å². The van der Waals surface area contributed by atoms with Gasteiger partial charge >= 0.3 is 5.97 Å². The molecule has 7 heteroatoms. The third kappa shape index (κ3) is 5.14. The van der Waals surface area contributed by atoms with Crippen molar-refractivity contribution in [1.29, 1.82) is 0 Å². The van der Waals surface area contributed by atoms with Gasteiger partial charge in [-0.1, -0.05) is 42.5 Å². The maximum absolute atomic E-state index is 12.7. The van der Waals surface area contributed by atoms with Crippen LogP contribution in [0.25, 0.3) is 0 Å². The fraction of sp³-hybridized carbons (Fsp3) is 0.174. The number of aryl methyl sites for hydroxylation is 1. The van der Waals surface area contributed by atoms with E-state index in [-0.39, 0.29) is 5.76 Å². The molecular formula is C23H22N2O5. The van der Waals surface area contributed by atoms with E-state index in [1.165, 1.54) is 12.3 Å². The first-order chi connectivity index (χ1) is 14.5. The average Bonchev–Trinajstić information content (AvgIpc) is 3.29. The van der Waals surface area contributed by atoms with Crippen LogP contribution in [0.5, 0.6) is 0 Å². The van der Waals surface area contributed by atoms with E-state index in [4.69, 9.17) is 9.15 Å². The van der Waals surface area contributed by atoms with Crippen molar-refractivity contribution in [3.63, 3.8) is 0 Å². The highest BCUT2D eigenvalue weighted by molar-refractivity contribution is 5.96. The minimum Gasteiger partial charge on any atom is -0.459 e. The third-order valence-corrected chi connectivity index (χ3v) is 4.61. The number of anilines is 1. The van der Waals surface area contributed by atoms with Crippen molar-refractivity contribution in [2.24, 2.45) is 0 Å². The Bertz CT molecular complexity index is 1030. The van der Waals surface area contributed by atoms with Gasteiger partial charge in [-0.15, -0.1) is 0 Å². The van der Waals surface area contributed by atoms with Crippen LogP contribution in [-0.2, 0) is 14.3 Å². The number of hydrogen-bond acceptors (Lipinski definition) is 5. The summed E-state index contributed by atoms with van der Waals surface area (Å²) in [6.45, 7) is 3.36. The molecule has 2 aromatic carbocycles. The molecule has 3 rings (SSSR count). The molecule has 1 heterocycles. The zero-order chi connectivity index (χ0) is 21.5. The van der Waals surface area contributed by atoms with Crippen LogP contribution in [0.4, 0.5) is 5.69 Å². The normalized spacial score (nSPS) is 11.4. The molecule has 1 unspecified atom stereocenters. The van der Waals surface area contributed by atoms with Crippen molar-refractivity contribution in [3.05, 3.63) is 89.4 Å². The number of hydrogen-bond donors (Lipinski definition) is 2. The first-order valence-electron chi connectivity index (χ1n) is 9.37. The molecule has 2 amide bonds. The Morgan fingerprint density at radius 3 is 2.43 bits per heavy atom. The second kappa shape index (κ2) is 9.56. The minimum atomic E-state index is -1.09. The van der Waals surface area contributed by atoms with Gasteiger partial charge < -0.3 is 19.8 Å². The molecule has 0 spiro atoms. The van der Waals surface area contributed by atoms with Gasteiger partial charge in [-0.05, 0) is 48.7 Å². The molecule has 3 aromatic rings. The fourth-order valence-corrected chi connectivity index (χ4v) is 2.83. The van der Waals surface area contributed by atoms with Gasteiger partial charge in [0.1, 0.15) is 0 Å². The predicted molar refractivity (Wildman–Crippen MR) is 111 cm³/mol. The first-order valence-corrected chi connectivity index (χ1v) is 9.37. The molecule has 0 aliphatic heterocycles. The van der Waals surface area contributed by atoms with Gasteiger partial charge in [0.25, 0.3) is 11.8 Å². The van der Waals surface area contributed by atoms with Gasteiger partial charge in [0.05, 0.1) is 6.26 Å². The number of amides is 2. The summed E-state index contributed by atoms with van der Waals surface area (Å²) in [6, 6.07) is 16.2. The zero-order valence-corrected chi connectivity index (χ0v) is 16.7. The first kappa shape index (κ1) is 20.9. The van der Waals surface area contributed by atoms with E-state index in [9.17, 15) is 14.4 Å². The number of carbonyl (C=O) groups is 3. The molecule has 1 aromatic heterocycles. The molecule has 0 fully saturated rings. The molecule has 154 valence electrons. The van der Waals surface area contributed by atoms with Crippen molar-refractivity contribution in [2.75, 3.05) is 11.9 Å². The number of esters is 1. The quantitative estimate of drug-likeness (QED) is 0.585. The lowest BCUT2D eigenvalue weighted by Gasteiger charge is -2.17. The summed E-state index contributed by atoms with van der Waals surface area (Å²) in [5.74, 6) is -1.72. The number of rotatable bonds is 7. The summed E-state index contributed by atoms with van der Waals surface area (Å²) in [6.07, 6.45) is 1.36. The largest absolute Gasteiger partial charge is 0.459 e. The molecule has 0 radical (unpaired) electrons. The van der Waals surface area contributed by atoms with Crippen molar-refractivity contribution < 1.29 is 23.5 Å². The highest BCUT2D eigenvalue weighted by Gasteiger charge is 2.26. The van der Waals surface area contributed by atoms with Gasteiger partial charge in [-0.25, -0.2) is 4.79 Å². The van der Waals surface area contributed by atoms with E-state index < -0.39 is 30.4 Å². The van der Waals surface area contributed by atoms with Crippen LogP contribution in [0, 0.1) is 13.8 Å². The number of benzene rings is 2. The lowest BCUT2D eigenvalue weighted by atomic mass is 10.1. The maximum Gasteiger partial charge on any atom is 0.333 e. The molecule has 7 nitrogen and oxygen atoms in total. The fourth-order valence-electron chi connectivity index (χ4n) is 2.83. The molecule has 0 aliphatic carbocycles. The molecule has 0 aliphatic rings. The Labute approximate surface area is 174 Å². The summed E-state index contributed by atoms with van der Waals surface area (Å²) >= 11 is 0. The van der Waals surface area contributed by atoms with Crippen LogP contribution in [-0.4, -0.2) is 24.4 Å². The minimum absolute atomic E-state index is 0.0661. The van der Waals surface area contributed by atoms with Crippen molar-refractivity contribution in [3.8, 4) is 0 Å². The van der Waals surface area contributed by atoms with E-state index in [0.29, 0.717) is 11.3 Å². The van der Waals surface area contributed by atoms with Gasteiger partial charge in [-0.2, -0.15) is 0 Å². The van der Waals surface area contributed by atoms with E-state index in [1.807, 2.05) is 26.0 Å². The summed E-state index contributed by atoms with van der Waals surface area (Å²) in [7, 11) is 0. The highest BCUT2D eigenvalue weighted by atomic mass is 16.5. The average molecular weight is 406 g/mol. The molecule has 2 N–H and O–H groups in total. The predicted octanol–water partition coefficient (Wildman–Crippen LogP) is 3.55. The second-order valence-corrected chi connectivity index (χ2v) is 6.70. The topological polar surface area (TPSA) is 97.6 Å². The third-order valence-electron chi connectivity index (χ3n) is 4.61. The van der Waals surface area contributed by atoms with Crippen LogP contribution >= 0.6 is 0 Å². The van der Waals surface area contributed by atoms with Crippen LogP contribution in [0.1, 0.15) is 33.3 Å². The summed E-state index contributed by atoms with van der Waals surface area (Å²) in [4.78, 5) is 37.3. The van der Waals surface area contributed by atoms with Crippen molar-refractivity contribution >= 4 is 23.5 Å². The van der Waals surface area contributed by atoms with E-state index in [1.54, 1.807) is 42.5 Å². The zero-order valence-electron chi connectivity index (χ0n) is 16.7. The summed E-state index contributed by atoms with van der Waals surface area (Å²) < 4.78 is 10.3. The Morgan fingerprint density at radius 2 is 1.73 bits per heavy atom. The highest BCUT2D eigenvalue weighted by Crippen LogP contribution is 2.18. The van der Waals surface area contributed by atoms with Crippen LogP contribution in [0.3, 0.4) is 0 Å². The molecule has 1 atom stereocenters. The summed E-state index contributed by atoms with van der Waals surface area (Å²) in [5.41, 5.74) is 3.15. The molecule has 0 bridgehead atoms. The van der Waals surface area contributed by atoms with Crippen LogP contribution in [0.15, 0.2) is 71.3 Å². The van der Waals surface area contributed by atoms with E-state index in [2.05, 4.69) is 10.6 Å². The molecule has 0 saturated carbocycles. The van der Waals surface area contributed by atoms with Gasteiger partial charge in [0.2, 0.25) is 0 Å². The lowest BCUT2D eigenvalue weighted by Crippen LogP contribution is -2.36. The van der Waals surface area contributed by atoms with Gasteiger partial charge in [0.15, 0.2) is 18.4 Å². The van der Waals surface area contributed by atoms with Crippen LogP contribution in [0.2, 0.25) is 0 Å². The molecular weight excluding hydrogens is 384 g/mol. The van der Waals surface area contributed by atoms with Crippen molar-refractivity contribution in [2.45, 2.75) is 19.9 Å². The standard InChI is InChI=1S/C23H22N2O5/c1-15-8-6-11-18(16(15)2)24-20(26)14-30-23(28)21(17-9-4-3-5-10-17)25-22(27)19-12-7-13-29-19/h3-13,21H,14H2,1-2H3,(H,24,26)(H,25,27). The number of ether oxygens (including phenoxy) is 1. The van der Waals surface area contributed by atoms with Crippen molar-refractivity contribution in [1.82, 2.24) is 5.32 Å². The Morgan fingerprint density at radius 1 is 0.967 bits per heavy atom. The van der Waals surface area contributed by atoms with Gasteiger partial charge in [0, 0.05) is 5.69 Å². The number of nitrogens with one attached hydrogen (secondary N) is 2. The summed E-state index contributed by atoms with van der Waals surface area (Å²) in [5, 5.41) is 5.32. The molecule has 0 saturated heterocycles.